The molecular weight excluding hydrogens is 432 g/mol. The molecule has 0 aliphatic carbocycles. The molecule has 168 valence electrons. The van der Waals surface area contributed by atoms with Crippen molar-refractivity contribution in [3.8, 4) is 0 Å². The van der Waals surface area contributed by atoms with Gasteiger partial charge in [0.05, 0.1) is 13.0 Å². The van der Waals surface area contributed by atoms with Gasteiger partial charge in [-0.3, -0.25) is 34.4 Å². The maximum Gasteiger partial charge on any atom is 0.249 e. The number of benzene rings is 1. The summed E-state index contributed by atoms with van der Waals surface area (Å²) in [4.78, 5) is 54.7. The summed E-state index contributed by atoms with van der Waals surface area (Å²) >= 11 is 5.87. The van der Waals surface area contributed by atoms with Gasteiger partial charge >= 0.3 is 0 Å². The third-order valence-electron chi connectivity index (χ3n) is 5.20. The molecule has 0 aromatic heterocycles. The fraction of sp³-hybridized carbons (Fsp3) is 0.348. The molecule has 1 aromatic carbocycles. The van der Waals surface area contributed by atoms with E-state index in [0.717, 1.165) is 11.1 Å². The third kappa shape index (κ3) is 6.37. The van der Waals surface area contributed by atoms with Crippen LogP contribution < -0.4 is 10.6 Å². The molecule has 1 fully saturated rings. The van der Waals surface area contributed by atoms with Crippen molar-refractivity contribution in [1.82, 2.24) is 15.5 Å². The highest BCUT2D eigenvalue weighted by Crippen LogP contribution is 2.16. The van der Waals surface area contributed by atoms with Crippen LogP contribution in [0.2, 0.25) is 5.02 Å². The Morgan fingerprint density at radius 1 is 1.25 bits per heavy atom. The second-order valence-corrected chi connectivity index (χ2v) is 8.02. The first-order valence-electron chi connectivity index (χ1n) is 10.4. The lowest BCUT2D eigenvalue weighted by atomic mass is 10.0. The molecule has 1 saturated heterocycles. The highest BCUT2D eigenvalue weighted by Gasteiger charge is 2.35. The molecule has 2 N–H and O–H groups in total. The Morgan fingerprint density at radius 2 is 2.00 bits per heavy atom. The van der Waals surface area contributed by atoms with Crippen molar-refractivity contribution in [1.29, 1.82) is 0 Å². The van der Waals surface area contributed by atoms with Crippen LogP contribution in [0.1, 0.15) is 31.7 Å². The van der Waals surface area contributed by atoms with Crippen molar-refractivity contribution < 1.29 is 19.2 Å². The Hall–Kier alpha value is -3.26. The van der Waals surface area contributed by atoms with Gasteiger partial charge in [-0.1, -0.05) is 42.0 Å². The number of nitrogens with zero attached hydrogens (tertiary/aromatic N) is 2. The van der Waals surface area contributed by atoms with E-state index < -0.39 is 11.9 Å². The Kier molecular flexibility index (Phi) is 7.94. The summed E-state index contributed by atoms with van der Waals surface area (Å²) in [6.07, 6.45) is 6.09. The predicted molar refractivity (Wildman–Crippen MR) is 121 cm³/mol. The Bertz CT molecular complexity index is 998. The predicted octanol–water partition coefficient (Wildman–Crippen LogP) is 1.94. The number of amidine groups is 1. The Balaban J connectivity index is 1.65. The van der Waals surface area contributed by atoms with E-state index in [1.54, 1.807) is 37.3 Å². The SMILES string of the molecule is CC1=NCC=CC(CNC(=O)Cc2ccc(Cl)cc2)=CCC(=O)N1C1CCC(=O)NC1=O. The fourth-order valence-corrected chi connectivity index (χ4v) is 3.67. The van der Waals surface area contributed by atoms with Gasteiger partial charge < -0.3 is 5.32 Å². The zero-order valence-corrected chi connectivity index (χ0v) is 18.5. The van der Waals surface area contributed by atoms with Crippen molar-refractivity contribution in [2.24, 2.45) is 4.99 Å². The van der Waals surface area contributed by atoms with E-state index >= 15 is 0 Å². The van der Waals surface area contributed by atoms with Gasteiger partial charge in [-0.25, -0.2) is 0 Å². The molecule has 1 aromatic rings. The largest absolute Gasteiger partial charge is 0.352 e. The van der Waals surface area contributed by atoms with Gasteiger partial charge in [-0.05, 0) is 36.6 Å². The second kappa shape index (κ2) is 10.9. The molecule has 1 unspecified atom stereocenters. The number of carbonyl (C=O) groups is 4. The molecule has 9 heteroatoms. The molecule has 2 aliphatic heterocycles. The summed E-state index contributed by atoms with van der Waals surface area (Å²) in [5.74, 6) is -0.836. The molecule has 0 radical (unpaired) electrons. The lowest BCUT2D eigenvalue weighted by Crippen LogP contribution is -2.55. The van der Waals surface area contributed by atoms with E-state index in [0.29, 0.717) is 17.4 Å². The quantitative estimate of drug-likeness (QED) is 0.660. The minimum absolute atomic E-state index is 0.0390. The summed E-state index contributed by atoms with van der Waals surface area (Å²) in [5.41, 5.74) is 1.61. The number of rotatable bonds is 5. The molecule has 0 saturated carbocycles. The number of imide groups is 1. The Labute approximate surface area is 191 Å². The molecular formula is C23H25ClN4O4. The van der Waals surface area contributed by atoms with Gasteiger partial charge in [-0.2, -0.15) is 0 Å². The van der Waals surface area contributed by atoms with Crippen molar-refractivity contribution in [2.45, 2.75) is 38.6 Å². The number of halogens is 1. The van der Waals surface area contributed by atoms with Crippen LogP contribution in [-0.2, 0) is 25.6 Å². The third-order valence-corrected chi connectivity index (χ3v) is 5.46. The van der Waals surface area contributed by atoms with Crippen LogP contribution in [0.15, 0.2) is 53.1 Å². The molecule has 4 amide bonds. The fourth-order valence-electron chi connectivity index (χ4n) is 3.54. The summed E-state index contributed by atoms with van der Waals surface area (Å²) in [5, 5.41) is 5.75. The summed E-state index contributed by atoms with van der Waals surface area (Å²) in [6, 6.07) is 6.31. The number of aliphatic imine (C=N–C) groups is 1. The van der Waals surface area contributed by atoms with Gasteiger partial charge in [0, 0.05) is 24.4 Å². The number of amides is 4. The van der Waals surface area contributed by atoms with Crippen LogP contribution in [0.5, 0.6) is 0 Å². The van der Waals surface area contributed by atoms with E-state index in [1.165, 1.54) is 4.90 Å². The van der Waals surface area contributed by atoms with E-state index in [4.69, 9.17) is 11.6 Å². The molecule has 0 bridgehead atoms. The lowest BCUT2D eigenvalue weighted by Gasteiger charge is -2.32. The standard InChI is InChI=1S/C23H25ClN4O4/c1-15-25-12-2-3-17(14-26-21(30)13-16-4-7-18(24)8-5-16)6-11-22(31)28(15)19-9-10-20(29)27-23(19)32/h2-8,19H,9-14H2,1H3,(H,26,30)(H,27,29,32). The molecule has 0 spiro atoms. The maximum atomic E-state index is 12.9. The van der Waals surface area contributed by atoms with Crippen molar-refractivity contribution in [2.75, 3.05) is 13.1 Å². The van der Waals surface area contributed by atoms with Crippen LogP contribution in [0.3, 0.4) is 0 Å². The normalized spacial score (nSPS) is 19.8. The highest BCUT2D eigenvalue weighted by molar-refractivity contribution is 6.30. The number of hydrogen-bond acceptors (Lipinski definition) is 5. The molecule has 3 rings (SSSR count). The van der Waals surface area contributed by atoms with E-state index in [2.05, 4.69) is 15.6 Å². The van der Waals surface area contributed by atoms with E-state index in [1.807, 2.05) is 12.2 Å². The highest BCUT2D eigenvalue weighted by atomic mass is 35.5. The van der Waals surface area contributed by atoms with Crippen LogP contribution >= 0.6 is 11.6 Å². The van der Waals surface area contributed by atoms with Crippen LogP contribution in [0.25, 0.3) is 0 Å². The molecule has 8 nitrogen and oxygen atoms in total. The molecule has 1 atom stereocenters. The lowest BCUT2D eigenvalue weighted by molar-refractivity contribution is -0.142. The first-order chi connectivity index (χ1) is 15.3. The van der Waals surface area contributed by atoms with Gasteiger partial charge in [0.15, 0.2) is 0 Å². The second-order valence-electron chi connectivity index (χ2n) is 7.58. The molecule has 2 aliphatic rings. The van der Waals surface area contributed by atoms with Crippen molar-refractivity contribution >= 4 is 41.1 Å². The molecule has 32 heavy (non-hydrogen) atoms. The first kappa shape index (κ1) is 23.4. The zero-order chi connectivity index (χ0) is 23.1. The van der Waals surface area contributed by atoms with Crippen LogP contribution in [0.4, 0.5) is 0 Å². The Morgan fingerprint density at radius 3 is 2.72 bits per heavy atom. The monoisotopic (exact) mass is 456 g/mol. The molecule has 2 heterocycles. The van der Waals surface area contributed by atoms with Crippen molar-refractivity contribution in [3.63, 3.8) is 0 Å². The smallest absolute Gasteiger partial charge is 0.249 e. The number of hydrogen-bond donors (Lipinski definition) is 2. The van der Waals surface area contributed by atoms with Crippen LogP contribution in [-0.4, -0.2) is 53.5 Å². The van der Waals surface area contributed by atoms with Gasteiger partial charge in [0.25, 0.3) is 0 Å². The van der Waals surface area contributed by atoms with Gasteiger partial charge in [-0.15, -0.1) is 0 Å². The van der Waals surface area contributed by atoms with Crippen LogP contribution in [0, 0.1) is 0 Å². The number of nitrogens with one attached hydrogen (secondary N) is 2. The minimum Gasteiger partial charge on any atom is -0.352 e. The van der Waals surface area contributed by atoms with Crippen molar-refractivity contribution in [3.05, 3.63) is 58.7 Å². The number of carbonyl (C=O) groups excluding carboxylic acids is 4. The average Bonchev–Trinajstić information content (AvgIpc) is 2.75. The topological polar surface area (TPSA) is 108 Å². The van der Waals surface area contributed by atoms with E-state index in [9.17, 15) is 19.2 Å². The zero-order valence-electron chi connectivity index (χ0n) is 17.8. The van der Waals surface area contributed by atoms with E-state index in [-0.39, 0.29) is 49.9 Å². The minimum atomic E-state index is -0.761. The first-order valence-corrected chi connectivity index (χ1v) is 10.7. The average molecular weight is 457 g/mol. The summed E-state index contributed by atoms with van der Waals surface area (Å²) < 4.78 is 0. The summed E-state index contributed by atoms with van der Waals surface area (Å²) in [6.45, 7) is 2.26. The summed E-state index contributed by atoms with van der Waals surface area (Å²) in [7, 11) is 0. The van der Waals surface area contributed by atoms with Gasteiger partial charge in [0.1, 0.15) is 11.9 Å². The number of piperidine rings is 1. The maximum absolute atomic E-state index is 12.9. The van der Waals surface area contributed by atoms with Gasteiger partial charge in [0.2, 0.25) is 23.6 Å².